The molecule has 0 aliphatic heterocycles. The van der Waals surface area contributed by atoms with Crippen molar-refractivity contribution in [1.29, 1.82) is 0 Å². The fraction of sp³-hybridized carbons (Fsp3) is 0.909. The van der Waals surface area contributed by atoms with Crippen molar-refractivity contribution in [2.24, 2.45) is 5.92 Å². The molecular weight excluding hydrogens is 162 g/mol. The van der Waals surface area contributed by atoms with Gasteiger partial charge in [0.2, 0.25) is 5.91 Å². The van der Waals surface area contributed by atoms with E-state index in [4.69, 9.17) is 0 Å². The maximum absolute atomic E-state index is 11.3. The largest absolute Gasteiger partial charge is 0.356 e. The Morgan fingerprint density at radius 1 is 1.23 bits per heavy atom. The number of rotatable bonds is 2. The van der Waals surface area contributed by atoms with E-state index in [-0.39, 0.29) is 5.91 Å². The predicted molar refractivity (Wildman–Crippen MR) is 56.6 cm³/mol. The van der Waals surface area contributed by atoms with Gasteiger partial charge in [-0.1, -0.05) is 33.1 Å². The molecule has 0 unspecified atom stereocenters. The predicted octanol–water partition coefficient (Wildman–Crippen LogP) is 2.73. The van der Waals surface area contributed by atoms with Gasteiger partial charge in [0.1, 0.15) is 0 Å². The Bertz CT molecular complexity index is 128. The van der Waals surface area contributed by atoms with Crippen LogP contribution in [-0.2, 0) is 4.79 Å². The lowest BCUT2D eigenvalue weighted by Crippen LogP contribution is -2.31. The Morgan fingerprint density at radius 2 is 1.77 bits per heavy atom. The zero-order valence-corrected chi connectivity index (χ0v) is 9.23. The lowest BCUT2D eigenvalue weighted by Gasteiger charge is -2.20. The van der Waals surface area contributed by atoms with E-state index in [9.17, 15) is 4.79 Å². The third-order valence-corrected chi connectivity index (χ3v) is 2.33. The van der Waals surface area contributed by atoms with E-state index >= 15 is 0 Å². The van der Waals surface area contributed by atoms with E-state index in [1.54, 1.807) is 0 Å². The van der Waals surface area contributed by atoms with Crippen LogP contribution in [0.2, 0.25) is 0 Å². The molecule has 1 aliphatic carbocycles. The van der Waals surface area contributed by atoms with Crippen molar-refractivity contribution in [3.05, 3.63) is 0 Å². The van der Waals surface area contributed by atoms with Crippen LogP contribution in [0.15, 0.2) is 0 Å². The molecule has 0 atom stereocenters. The quantitative estimate of drug-likeness (QED) is 0.704. The summed E-state index contributed by atoms with van der Waals surface area (Å²) in [5.41, 5.74) is 0. The molecule has 78 valence electrons. The van der Waals surface area contributed by atoms with Gasteiger partial charge in [-0.05, 0) is 19.8 Å². The van der Waals surface area contributed by atoms with Crippen LogP contribution < -0.4 is 5.32 Å². The highest BCUT2D eigenvalue weighted by Gasteiger charge is 2.19. The van der Waals surface area contributed by atoms with Gasteiger partial charge >= 0.3 is 0 Å². The van der Waals surface area contributed by atoms with Gasteiger partial charge in [-0.15, -0.1) is 0 Å². The summed E-state index contributed by atoms with van der Waals surface area (Å²) in [4.78, 5) is 11.3. The van der Waals surface area contributed by atoms with Crippen LogP contribution in [0.5, 0.6) is 0 Å². The highest BCUT2D eigenvalue weighted by Crippen LogP contribution is 2.23. The summed E-state index contributed by atoms with van der Waals surface area (Å²) in [6, 6.07) is 0. The second-order valence-corrected chi connectivity index (χ2v) is 3.23. The minimum Gasteiger partial charge on any atom is -0.356 e. The number of nitrogens with one attached hydrogen (secondary N) is 1. The van der Waals surface area contributed by atoms with Gasteiger partial charge in [-0.3, -0.25) is 4.79 Å². The Morgan fingerprint density at radius 3 is 2.23 bits per heavy atom. The SMILES string of the molecule is CC.CCNC(=O)C1CCCCC1. The topological polar surface area (TPSA) is 29.1 Å². The molecule has 2 heteroatoms. The molecule has 1 amide bonds. The molecule has 0 heterocycles. The normalized spacial score (nSPS) is 17.2. The molecule has 0 aromatic carbocycles. The lowest BCUT2D eigenvalue weighted by molar-refractivity contribution is -0.125. The third kappa shape index (κ3) is 4.91. The Kier molecular flexibility index (Phi) is 7.76. The minimum atomic E-state index is 0.271. The standard InChI is InChI=1S/C9H17NO.C2H6/c1-2-10-9(11)8-6-4-3-5-7-8;1-2/h8H,2-7H2,1H3,(H,10,11);1-2H3. The summed E-state index contributed by atoms with van der Waals surface area (Å²) in [6.45, 7) is 6.75. The van der Waals surface area contributed by atoms with Gasteiger partial charge in [-0.2, -0.15) is 0 Å². The molecular formula is C11H23NO. The van der Waals surface area contributed by atoms with Gasteiger partial charge in [-0.25, -0.2) is 0 Å². The van der Waals surface area contributed by atoms with E-state index in [0.29, 0.717) is 5.92 Å². The smallest absolute Gasteiger partial charge is 0.223 e. The second-order valence-electron chi connectivity index (χ2n) is 3.23. The van der Waals surface area contributed by atoms with E-state index in [1.165, 1.54) is 19.3 Å². The maximum Gasteiger partial charge on any atom is 0.223 e. The monoisotopic (exact) mass is 185 g/mol. The summed E-state index contributed by atoms with van der Waals surface area (Å²) in [5, 5.41) is 2.88. The molecule has 0 radical (unpaired) electrons. The average Bonchev–Trinajstić information content (AvgIpc) is 2.23. The van der Waals surface area contributed by atoms with E-state index in [0.717, 1.165) is 19.4 Å². The van der Waals surface area contributed by atoms with Crippen molar-refractivity contribution in [1.82, 2.24) is 5.32 Å². The molecule has 2 nitrogen and oxygen atoms in total. The maximum atomic E-state index is 11.3. The molecule has 0 aromatic rings. The first kappa shape index (κ1) is 12.5. The fourth-order valence-corrected chi connectivity index (χ4v) is 1.68. The fourth-order valence-electron chi connectivity index (χ4n) is 1.68. The van der Waals surface area contributed by atoms with Crippen LogP contribution in [0.25, 0.3) is 0 Å². The van der Waals surface area contributed by atoms with Crippen molar-refractivity contribution < 1.29 is 4.79 Å². The van der Waals surface area contributed by atoms with Crippen molar-refractivity contribution in [2.75, 3.05) is 6.54 Å². The first-order valence-electron chi connectivity index (χ1n) is 5.62. The van der Waals surface area contributed by atoms with E-state index in [2.05, 4.69) is 5.32 Å². The van der Waals surface area contributed by atoms with Crippen LogP contribution in [0.1, 0.15) is 52.9 Å². The van der Waals surface area contributed by atoms with Crippen LogP contribution in [0.3, 0.4) is 0 Å². The molecule has 13 heavy (non-hydrogen) atoms. The molecule has 0 bridgehead atoms. The molecule has 0 spiro atoms. The highest BCUT2D eigenvalue weighted by molar-refractivity contribution is 5.78. The molecule has 0 aromatic heterocycles. The van der Waals surface area contributed by atoms with Crippen molar-refractivity contribution in [3.63, 3.8) is 0 Å². The number of hydrogen-bond acceptors (Lipinski definition) is 1. The first-order chi connectivity index (χ1) is 6.34. The summed E-state index contributed by atoms with van der Waals surface area (Å²) in [5.74, 6) is 0.593. The molecule has 1 fully saturated rings. The summed E-state index contributed by atoms with van der Waals surface area (Å²) in [6.07, 6.45) is 6.00. The van der Waals surface area contributed by atoms with E-state index in [1.807, 2.05) is 20.8 Å². The number of hydrogen-bond donors (Lipinski definition) is 1. The van der Waals surface area contributed by atoms with Gasteiger partial charge in [0, 0.05) is 12.5 Å². The molecule has 1 rings (SSSR count). The number of carbonyl (C=O) groups excluding carboxylic acids is 1. The molecule has 0 saturated heterocycles. The highest BCUT2D eigenvalue weighted by atomic mass is 16.1. The molecule has 1 aliphatic rings. The second kappa shape index (κ2) is 8.09. The van der Waals surface area contributed by atoms with Crippen LogP contribution in [0.4, 0.5) is 0 Å². The number of amides is 1. The first-order valence-corrected chi connectivity index (χ1v) is 5.62. The zero-order valence-electron chi connectivity index (χ0n) is 9.23. The molecule has 1 saturated carbocycles. The van der Waals surface area contributed by atoms with Crippen LogP contribution in [-0.4, -0.2) is 12.5 Å². The van der Waals surface area contributed by atoms with Gasteiger partial charge in [0.05, 0.1) is 0 Å². The third-order valence-electron chi connectivity index (χ3n) is 2.33. The lowest BCUT2D eigenvalue weighted by atomic mass is 9.89. The molecule has 1 N–H and O–H groups in total. The summed E-state index contributed by atoms with van der Waals surface area (Å²) < 4.78 is 0. The van der Waals surface area contributed by atoms with Crippen LogP contribution in [0, 0.1) is 5.92 Å². The van der Waals surface area contributed by atoms with Gasteiger partial charge < -0.3 is 5.32 Å². The number of carbonyl (C=O) groups is 1. The van der Waals surface area contributed by atoms with Gasteiger partial charge in [0.15, 0.2) is 0 Å². The summed E-state index contributed by atoms with van der Waals surface area (Å²) in [7, 11) is 0. The van der Waals surface area contributed by atoms with E-state index < -0.39 is 0 Å². The van der Waals surface area contributed by atoms with Gasteiger partial charge in [0.25, 0.3) is 0 Å². The minimum absolute atomic E-state index is 0.271. The van der Waals surface area contributed by atoms with Crippen molar-refractivity contribution in [3.8, 4) is 0 Å². The van der Waals surface area contributed by atoms with Crippen molar-refractivity contribution >= 4 is 5.91 Å². The average molecular weight is 185 g/mol. The summed E-state index contributed by atoms with van der Waals surface area (Å²) >= 11 is 0. The Hall–Kier alpha value is -0.530. The zero-order chi connectivity index (χ0) is 10.1. The van der Waals surface area contributed by atoms with Crippen LogP contribution >= 0.6 is 0 Å². The van der Waals surface area contributed by atoms with Crippen molar-refractivity contribution in [2.45, 2.75) is 52.9 Å². The Balaban J connectivity index is 0.000000671. The Labute approximate surface area is 82.1 Å².